The Kier molecular flexibility index (Phi) is 6.29. The summed E-state index contributed by atoms with van der Waals surface area (Å²) in [5, 5.41) is 0. The highest BCUT2D eigenvalue weighted by molar-refractivity contribution is 7.89. The molecule has 3 rings (SSSR count). The Morgan fingerprint density at radius 2 is 1.52 bits per heavy atom. The molecule has 1 amide bonds. The molecule has 1 fully saturated rings. The van der Waals surface area contributed by atoms with Gasteiger partial charge in [0, 0.05) is 32.2 Å². The van der Waals surface area contributed by atoms with Crippen molar-refractivity contribution in [3.05, 3.63) is 65.7 Å². The molecule has 144 valence electrons. The molecule has 1 aliphatic rings. The van der Waals surface area contributed by atoms with Crippen LogP contribution < -0.4 is 0 Å². The van der Waals surface area contributed by atoms with E-state index in [1.807, 2.05) is 17.0 Å². The van der Waals surface area contributed by atoms with Gasteiger partial charge in [0.15, 0.2) is 0 Å². The SMILES string of the molecule is CN(Cc1ccc(C(=O)N2CCCCCC2)cc1)S(=O)(=O)c1ccccc1. The first kappa shape index (κ1) is 19.6. The molecular formula is C21H26N2O3S. The van der Waals surface area contributed by atoms with Gasteiger partial charge in [0.05, 0.1) is 4.90 Å². The fourth-order valence-electron chi connectivity index (χ4n) is 3.32. The van der Waals surface area contributed by atoms with Crippen LogP contribution in [0.5, 0.6) is 0 Å². The first-order valence-electron chi connectivity index (χ1n) is 9.38. The second-order valence-electron chi connectivity index (χ2n) is 6.98. The summed E-state index contributed by atoms with van der Waals surface area (Å²) in [5.74, 6) is 0.0636. The summed E-state index contributed by atoms with van der Waals surface area (Å²) in [6.45, 7) is 1.90. The van der Waals surface area contributed by atoms with Crippen LogP contribution in [0.25, 0.3) is 0 Å². The number of likely N-dealkylation sites (tertiary alicyclic amines) is 1. The first-order valence-corrected chi connectivity index (χ1v) is 10.8. The fourth-order valence-corrected chi connectivity index (χ4v) is 4.50. The predicted molar refractivity (Wildman–Crippen MR) is 106 cm³/mol. The Bertz CT molecular complexity index is 856. The van der Waals surface area contributed by atoms with Gasteiger partial charge in [-0.1, -0.05) is 43.2 Å². The van der Waals surface area contributed by atoms with Crippen molar-refractivity contribution in [2.75, 3.05) is 20.1 Å². The standard InChI is InChI=1S/C21H26N2O3S/c1-22(27(25,26)20-9-5-4-6-10-20)17-18-11-13-19(14-12-18)21(24)23-15-7-2-3-8-16-23/h4-6,9-14H,2-3,7-8,15-17H2,1H3. The molecule has 5 nitrogen and oxygen atoms in total. The van der Waals surface area contributed by atoms with Crippen LogP contribution in [0.2, 0.25) is 0 Å². The molecule has 0 aliphatic carbocycles. The minimum absolute atomic E-state index is 0.0636. The second kappa shape index (κ2) is 8.67. The molecular weight excluding hydrogens is 360 g/mol. The lowest BCUT2D eigenvalue weighted by Gasteiger charge is -2.21. The van der Waals surface area contributed by atoms with E-state index in [9.17, 15) is 13.2 Å². The van der Waals surface area contributed by atoms with Crippen LogP contribution in [-0.4, -0.2) is 43.7 Å². The van der Waals surface area contributed by atoms with Crippen molar-refractivity contribution in [1.82, 2.24) is 9.21 Å². The summed E-state index contributed by atoms with van der Waals surface area (Å²) in [6, 6.07) is 15.7. The van der Waals surface area contributed by atoms with Gasteiger partial charge < -0.3 is 4.90 Å². The number of nitrogens with zero attached hydrogens (tertiary/aromatic N) is 2. The fraction of sp³-hybridized carbons (Fsp3) is 0.381. The molecule has 2 aromatic carbocycles. The Balaban J connectivity index is 1.67. The Morgan fingerprint density at radius 1 is 0.926 bits per heavy atom. The van der Waals surface area contributed by atoms with Crippen molar-refractivity contribution < 1.29 is 13.2 Å². The molecule has 0 N–H and O–H groups in total. The van der Waals surface area contributed by atoms with Crippen LogP contribution in [0, 0.1) is 0 Å². The van der Waals surface area contributed by atoms with Crippen LogP contribution in [0.4, 0.5) is 0 Å². The molecule has 0 saturated carbocycles. The Hall–Kier alpha value is -2.18. The van der Waals surface area contributed by atoms with Crippen LogP contribution in [0.1, 0.15) is 41.6 Å². The normalized spacial score (nSPS) is 15.6. The van der Waals surface area contributed by atoms with Crippen LogP contribution in [-0.2, 0) is 16.6 Å². The summed E-state index contributed by atoms with van der Waals surface area (Å²) in [6.07, 6.45) is 4.49. The lowest BCUT2D eigenvalue weighted by molar-refractivity contribution is 0.0761. The van der Waals surface area contributed by atoms with Gasteiger partial charge >= 0.3 is 0 Å². The van der Waals surface area contributed by atoms with E-state index in [0.29, 0.717) is 5.56 Å². The summed E-state index contributed by atoms with van der Waals surface area (Å²) in [4.78, 5) is 14.9. The number of hydrogen-bond acceptors (Lipinski definition) is 3. The lowest BCUT2D eigenvalue weighted by Crippen LogP contribution is -2.31. The highest BCUT2D eigenvalue weighted by atomic mass is 32.2. The molecule has 27 heavy (non-hydrogen) atoms. The maximum absolute atomic E-state index is 12.6. The van der Waals surface area contributed by atoms with E-state index in [-0.39, 0.29) is 17.3 Å². The van der Waals surface area contributed by atoms with Crippen molar-refractivity contribution in [1.29, 1.82) is 0 Å². The molecule has 0 bridgehead atoms. The van der Waals surface area contributed by atoms with Gasteiger partial charge in [0.1, 0.15) is 0 Å². The zero-order chi connectivity index (χ0) is 19.3. The molecule has 0 spiro atoms. The Morgan fingerprint density at radius 3 is 2.11 bits per heavy atom. The second-order valence-corrected chi connectivity index (χ2v) is 9.02. The quantitative estimate of drug-likeness (QED) is 0.790. The number of amides is 1. The average molecular weight is 387 g/mol. The van der Waals surface area contributed by atoms with Crippen LogP contribution in [0.15, 0.2) is 59.5 Å². The molecule has 0 atom stereocenters. The largest absolute Gasteiger partial charge is 0.339 e. The highest BCUT2D eigenvalue weighted by Crippen LogP contribution is 2.18. The molecule has 0 unspecified atom stereocenters. The summed E-state index contributed by atoms with van der Waals surface area (Å²) in [5.41, 5.74) is 1.51. The van der Waals surface area contributed by atoms with Crippen molar-refractivity contribution in [2.24, 2.45) is 0 Å². The van der Waals surface area contributed by atoms with Gasteiger partial charge in [-0.25, -0.2) is 8.42 Å². The van der Waals surface area contributed by atoms with Crippen LogP contribution >= 0.6 is 0 Å². The number of sulfonamides is 1. The van der Waals surface area contributed by atoms with Gasteiger partial charge in [-0.05, 0) is 42.7 Å². The van der Waals surface area contributed by atoms with Crippen molar-refractivity contribution in [3.8, 4) is 0 Å². The number of rotatable bonds is 5. The molecule has 2 aromatic rings. The summed E-state index contributed by atoms with van der Waals surface area (Å²) in [7, 11) is -1.96. The molecule has 0 aromatic heterocycles. The van der Waals surface area contributed by atoms with E-state index in [0.717, 1.165) is 31.5 Å². The van der Waals surface area contributed by atoms with Gasteiger partial charge in [-0.15, -0.1) is 0 Å². The highest BCUT2D eigenvalue weighted by Gasteiger charge is 2.21. The third-order valence-corrected chi connectivity index (χ3v) is 6.77. The van der Waals surface area contributed by atoms with Crippen LogP contribution in [0.3, 0.4) is 0 Å². The number of carbonyl (C=O) groups excluding carboxylic acids is 1. The van der Waals surface area contributed by atoms with Gasteiger partial charge in [-0.2, -0.15) is 4.31 Å². The maximum atomic E-state index is 12.6. The topological polar surface area (TPSA) is 57.7 Å². The van der Waals surface area contributed by atoms with E-state index >= 15 is 0 Å². The van der Waals surface area contributed by atoms with E-state index in [1.54, 1.807) is 49.5 Å². The minimum atomic E-state index is -3.53. The Labute approximate surface area is 161 Å². The molecule has 6 heteroatoms. The molecule has 1 heterocycles. The molecule has 0 radical (unpaired) electrons. The van der Waals surface area contributed by atoms with E-state index in [2.05, 4.69) is 0 Å². The van der Waals surface area contributed by atoms with Crippen molar-refractivity contribution in [3.63, 3.8) is 0 Å². The minimum Gasteiger partial charge on any atom is -0.339 e. The zero-order valence-electron chi connectivity index (χ0n) is 15.7. The smallest absolute Gasteiger partial charge is 0.253 e. The molecule has 1 aliphatic heterocycles. The number of carbonyl (C=O) groups is 1. The average Bonchev–Trinajstić information content (AvgIpc) is 2.98. The van der Waals surface area contributed by atoms with Gasteiger partial charge in [0.25, 0.3) is 5.91 Å². The zero-order valence-corrected chi connectivity index (χ0v) is 16.5. The van der Waals surface area contributed by atoms with Gasteiger partial charge in [0.2, 0.25) is 10.0 Å². The monoisotopic (exact) mass is 386 g/mol. The van der Waals surface area contributed by atoms with E-state index in [4.69, 9.17) is 0 Å². The predicted octanol–water partition coefficient (Wildman–Crippen LogP) is 3.52. The van der Waals surface area contributed by atoms with E-state index < -0.39 is 10.0 Å². The lowest BCUT2D eigenvalue weighted by atomic mass is 10.1. The molecule has 1 saturated heterocycles. The van der Waals surface area contributed by atoms with E-state index in [1.165, 1.54) is 17.1 Å². The van der Waals surface area contributed by atoms with Crippen molar-refractivity contribution >= 4 is 15.9 Å². The maximum Gasteiger partial charge on any atom is 0.253 e. The first-order chi connectivity index (χ1) is 13.0. The number of benzene rings is 2. The third-order valence-electron chi connectivity index (χ3n) is 4.95. The summed E-state index contributed by atoms with van der Waals surface area (Å²) >= 11 is 0. The van der Waals surface area contributed by atoms with Crippen molar-refractivity contribution in [2.45, 2.75) is 37.1 Å². The summed E-state index contributed by atoms with van der Waals surface area (Å²) < 4.78 is 26.6. The van der Waals surface area contributed by atoms with Gasteiger partial charge in [-0.3, -0.25) is 4.79 Å². The third kappa shape index (κ3) is 4.76. The number of hydrogen-bond donors (Lipinski definition) is 0.